The fourth-order valence-electron chi connectivity index (χ4n) is 3.22. The number of likely N-dealkylation sites (N-methyl/N-ethyl adjacent to an activating group) is 1. The molecule has 28 heavy (non-hydrogen) atoms. The highest BCUT2D eigenvalue weighted by atomic mass is 31.2. The Balaban J connectivity index is 2.37. The normalized spacial score (nSPS) is 13.0. The van der Waals surface area contributed by atoms with Crippen LogP contribution >= 0.6 is 7.82 Å². The number of hydroxylamine groups is 1. The standard InChI is InChI=1S/C16H27N6O5P/c1-6-12(21(7-2)16(23)20-27-28(24,25)26)8-22-11(5)19-13-14(22)9(3)10(4)18-15(13)17/h12H,6-8H2,1-5H3,(H2,17,18)(H,20,23)(H2,24,25,26). The Morgan fingerprint density at radius 3 is 2.50 bits per heavy atom. The lowest BCUT2D eigenvalue weighted by molar-refractivity contribution is 0.0983. The van der Waals surface area contributed by atoms with E-state index in [4.69, 9.17) is 15.5 Å². The van der Waals surface area contributed by atoms with E-state index in [9.17, 15) is 9.36 Å². The van der Waals surface area contributed by atoms with E-state index in [2.05, 4.69) is 14.6 Å². The molecule has 0 fully saturated rings. The number of hydrogen-bond donors (Lipinski definition) is 4. The zero-order valence-corrected chi connectivity index (χ0v) is 17.5. The number of nitrogens with zero attached hydrogens (tertiary/aromatic N) is 4. The molecule has 12 heteroatoms. The largest absolute Gasteiger partial charge is 0.491 e. The lowest BCUT2D eigenvalue weighted by Crippen LogP contribution is -2.47. The summed E-state index contributed by atoms with van der Waals surface area (Å²) in [6.45, 7) is 10.1. The highest BCUT2D eigenvalue weighted by Gasteiger charge is 2.26. The van der Waals surface area contributed by atoms with Crippen molar-refractivity contribution in [2.24, 2.45) is 0 Å². The molecule has 2 heterocycles. The fraction of sp³-hybridized carbons (Fsp3) is 0.562. The van der Waals surface area contributed by atoms with Gasteiger partial charge in [0.2, 0.25) is 0 Å². The van der Waals surface area contributed by atoms with Crippen LogP contribution in [-0.2, 0) is 15.7 Å². The van der Waals surface area contributed by atoms with Gasteiger partial charge in [-0.15, -0.1) is 0 Å². The van der Waals surface area contributed by atoms with Gasteiger partial charge in [-0.05, 0) is 39.7 Å². The molecule has 2 rings (SSSR count). The number of amides is 2. The molecule has 0 aliphatic carbocycles. The zero-order chi connectivity index (χ0) is 21.2. The van der Waals surface area contributed by atoms with Crippen LogP contribution in [0.5, 0.6) is 0 Å². The second kappa shape index (κ2) is 8.44. The Morgan fingerprint density at radius 2 is 1.96 bits per heavy atom. The van der Waals surface area contributed by atoms with Crippen molar-refractivity contribution in [3.05, 3.63) is 17.1 Å². The monoisotopic (exact) mass is 414 g/mol. The number of aryl methyl sites for hydroxylation is 3. The summed E-state index contributed by atoms with van der Waals surface area (Å²) in [5.74, 6) is 1.09. The number of anilines is 1. The van der Waals surface area contributed by atoms with Crippen molar-refractivity contribution in [3.8, 4) is 0 Å². The minimum Gasteiger partial charge on any atom is -0.382 e. The van der Waals surface area contributed by atoms with Gasteiger partial charge in [-0.3, -0.25) is 0 Å². The number of aromatic nitrogens is 3. The molecule has 0 saturated heterocycles. The number of pyridine rings is 1. The number of hydrogen-bond acceptors (Lipinski definition) is 6. The molecule has 5 N–H and O–H groups in total. The number of nitrogens with two attached hydrogens (primary N) is 1. The maximum Gasteiger partial charge on any atom is 0.491 e. The Hall–Kier alpha value is -2.20. The molecule has 0 spiro atoms. The van der Waals surface area contributed by atoms with Gasteiger partial charge in [0.25, 0.3) is 0 Å². The average molecular weight is 414 g/mol. The Kier molecular flexibility index (Phi) is 6.66. The smallest absolute Gasteiger partial charge is 0.382 e. The molecule has 11 nitrogen and oxygen atoms in total. The first kappa shape index (κ1) is 22.1. The van der Waals surface area contributed by atoms with E-state index in [1.54, 1.807) is 6.92 Å². The minimum absolute atomic E-state index is 0.268. The Bertz CT molecular complexity index is 924. The average Bonchev–Trinajstić information content (AvgIpc) is 2.94. The number of rotatable bonds is 7. The lowest BCUT2D eigenvalue weighted by atomic mass is 10.1. The molecule has 0 bridgehead atoms. The summed E-state index contributed by atoms with van der Waals surface area (Å²) < 4.78 is 17.0. The topological polar surface area (TPSA) is 156 Å². The van der Waals surface area contributed by atoms with Gasteiger partial charge < -0.3 is 25.0 Å². The van der Waals surface area contributed by atoms with Crippen LogP contribution in [0.3, 0.4) is 0 Å². The molecule has 0 radical (unpaired) electrons. The van der Waals surface area contributed by atoms with Gasteiger partial charge in [0.05, 0.1) is 11.6 Å². The van der Waals surface area contributed by atoms with Gasteiger partial charge in [0.15, 0.2) is 5.82 Å². The van der Waals surface area contributed by atoms with Crippen LogP contribution in [0, 0.1) is 20.8 Å². The maximum absolute atomic E-state index is 12.4. The summed E-state index contributed by atoms with van der Waals surface area (Å²) in [7, 11) is -4.82. The summed E-state index contributed by atoms with van der Waals surface area (Å²) in [5.41, 5.74) is 11.1. The first-order valence-corrected chi connectivity index (χ1v) is 10.4. The Morgan fingerprint density at radius 1 is 1.32 bits per heavy atom. The predicted molar refractivity (Wildman–Crippen MR) is 104 cm³/mol. The lowest BCUT2D eigenvalue weighted by Gasteiger charge is -2.30. The third-order valence-corrected chi connectivity index (χ3v) is 5.08. The molecule has 156 valence electrons. The van der Waals surface area contributed by atoms with E-state index in [1.807, 2.05) is 37.7 Å². The van der Waals surface area contributed by atoms with Gasteiger partial charge in [-0.25, -0.2) is 24.8 Å². The third kappa shape index (κ3) is 4.61. The molecule has 2 aromatic heterocycles. The first-order valence-electron chi connectivity index (χ1n) is 8.90. The van der Waals surface area contributed by atoms with Crippen LogP contribution in [0.25, 0.3) is 11.0 Å². The second-order valence-corrected chi connectivity index (χ2v) is 7.68. The number of carbonyl (C=O) groups excluding carboxylic acids is 1. The predicted octanol–water partition coefficient (Wildman–Crippen LogP) is 1.77. The molecule has 2 aromatic rings. The van der Waals surface area contributed by atoms with Crippen LogP contribution in [-0.4, -0.2) is 47.8 Å². The zero-order valence-electron chi connectivity index (χ0n) is 16.6. The number of phosphoric acid groups is 1. The minimum atomic E-state index is -4.82. The number of carbonyl (C=O) groups is 1. The van der Waals surface area contributed by atoms with E-state index in [-0.39, 0.29) is 6.04 Å². The van der Waals surface area contributed by atoms with E-state index in [0.717, 1.165) is 22.6 Å². The highest BCUT2D eigenvalue weighted by molar-refractivity contribution is 7.46. The van der Waals surface area contributed by atoms with Gasteiger partial charge >= 0.3 is 13.9 Å². The highest BCUT2D eigenvalue weighted by Crippen LogP contribution is 2.34. The van der Waals surface area contributed by atoms with E-state index in [1.165, 1.54) is 4.90 Å². The number of nitrogens with one attached hydrogen (secondary N) is 1. The van der Waals surface area contributed by atoms with Crippen molar-refractivity contribution in [3.63, 3.8) is 0 Å². The molecular weight excluding hydrogens is 387 g/mol. The number of nitrogen functional groups attached to an aromatic ring is 1. The summed E-state index contributed by atoms with van der Waals surface area (Å²) >= 11 is 0. The SMILES string of the molecule is CCC(Cn1c(C)nc2c(N)nc(C)c(C)c21)N(CC)C(=O)NOP(=O)(O)O. The molecule has 1 atom stereocenters. The van der Waals surface area contributed by atoms with Crippen LogP contribution < -0.4 is 11.2 Å². The molecule has 0 aromatic carbocycles. The second-order valence-electron chi connectivity index (χ2n) is 6.51. The summed E-state index contributed by atoms with van der Waals surface area (Å²) in [5, 5.41) is 0. The van der Waals surface area contributed by atoms with Crippen molar-refractivity contribution in [2.75, 3.05) is 12.3 Å². The van der Waals surface area contributed by atoms with Crippen LogP contribution in [0.1, 0.15) is 37.4 Å². The first-order chi connectivity index (χ1) is 13.0. The molecule has 0 saturated carbocycles. The van der Waals surface area contributed by atoms with Crippen molar-refractivity contribution >= 4 is 30.7 Å². The van der Waals surface area contributed by atoms with E-state index >= 15 is 0 Å². The van der Waals surface area contributed by atoms with E-state index in [0.29, 0.717) is 30.8 Å². The fourth-order valence-corrected chi connectivity index (χ4v) is 3.42. The summed E-state index contributed by atoms with van der Waals surface area (Å²) in [4.78, 5) is 40.2. The van der Waals surface area contributed by atoms with Crippen molar-refractivity contribution in [2.45, 2.75) is 53.6 Å². The van der Waals surface area contributed by atoms with Crippen LogP contribution in [0.15, 0.2) is 0 Å². The van der Waals surface area contributed by atoms with Crippen molar-refractivity contribution in [1.82, 2.24) is 24.9 Å². The van der Waals surface area contributed by atoms with Gasteiger partial charge in [0, 0.05) is 18.8 Å². The summed E-state index contributed by atoms with van der Waals surface area (Å²) in [6.07, 6.45) is 0.606. The van der Waals surface area contributed by atoms with Crippen LogP contribution in [0.2, 0.25) is 0 Å². The number of fused-ring (bicyclic) bond motifs is 1. The molecule has 2 amide bonds. The van der Waals surface area contributed by atoms with Crippen molar-refractivity contribution < 1.29 is 23.8 Å². The quantitative estimate of drug-likeness (QED) is 0.394. The van der Waals surface area contributed by atoms with Crippen LogP contribution in [0.4, 0.5) is 10.6 Å². The Labute approximate surface area is 163 Å². The van der Waals surface area contributed by atoms with Gasteiger partial charge in [0.1, 0.15) is 11.3 Å². The molecule has 0 aliphatic rings. The van der Waals surface area contributed by atoms with Crippen molar-refractivity contribution in [1.29, 1.82) is 0 Å². The van der Waals surface area contributed by atoms with E-state index < -0.39 is 13.9 Å². The van der Waals surface area contributed by atoms with Gasteiger partial charge in [-0.2, -0.15) is 4.62 Å². The summed E-state index contributed by atoms with van der Waals surface area (Å²) in [6, 6.07) is -0.996. The molecule has 1 unspecified atom stereocenters. The number of imidazole rings is 1. The number of urea groups is 1. The molecule has 0 aliphatic heterocycles. The third-order valence-electron chi connectivity index (χ3n) is 4.75. The molecular formula is C16H27N6O5P. The maximum atomic E-state index is 12.4. The van der Waals surface area contributed by atoms with Gasteiger partial charge in [-0.1, -0.05) is 6.92 Å².